The summed E-state index contributed by atoms with van der Waals surface area (Å²) >= 11 is 24.3. The van der Waals surface area contributed by atoms with Crippen LogP contribution in [0.3, 0.4) is 0 Å². The highest BCUT2D eigenvalue weighted by Gasteiger charge is 2.31. The smallest absolute Gasteiger partial charge is 0.406 e. The molecule has 4 aromatic carbocycles. The number of aromatic amines is 1. The molecule has 0 radical (unpaired) electrons. The molecule has 23 heteroatoms. The third-order valence-corrected chi connectivity index (χ3v) is 11.7. The lowest BCUT2D eigenvalue weighted by atomic mass is 10.1. The Bertz CT molecular complexity index is 3530. The van der Waals surface area contributed by atoms with Crippen molar-refractivity contribution in [3.63, 3.8) is 0 Å². The van der Waals surface area contributed by atoms with E-state index < -0.39 is 35.9 Å². The maximum Gasteiger partial charge on any atom is 0.406 e. The Morgan fingerprint density at radius 2 is 1.20 bits per heavy atom. The molecule has 382 valence electrons. The number of nitrogens with one attached hydrogen (secondary N) is 1. The minimum atomic E-state index is -4.39. The summed E-state index contributed by atoms with van der Waals surface area (Å²) in [5, 5.41) is 34.7. The molecule has 8 aromatic rings. The van der Waals surface area contributed by atoms with Crippen LogP contribution in [0.1, 0.15) is 87.9 Å². The van der Waals surface area contributed by atoms with Gasteiger partial charge in [-0.05, 0) is 109 Å². The molecule has 8 rings (SSSR count). The Morgan fingerprint density at radius 1 is 0.716 bits per heavy atom. The summed E-state index contributed by atoms with van der Waals surface area (Å²) in [5.74, 6) is -1.88. The molecule has 0 bridgehead atoms. The van der Waals surface area contributed by atoms with Gasteiger partial charge in [-0.3, -0.25) is 0 Å². The fraction of sp³-hybridized carbons (Fsp3) is 0.235. The van der Waals surface area contributed by atoms with Gasteiger partial charge in [-0.2, -0.15) is 23.7 Å². The number of esters is 1. The van der Waals surface area contributed by atoms with E-state index in [1.54, 1.807) is 41.5 Å². The Kier molecular flexibility index (Phi) is 16.1. The maximum atomic E-state index is 15.4. The first-order valence-electron chi connectivity index (χ1n) is 21.8. The van der Waals surface area contributed by atoms with Crippen LogP contribution in [-0.2, 0) is 24.1 Å². The van der Waals surface area contributed by atoms with Crippen LogP contribution in [0.5, 0.6) is 23.0 Å². The third kappa shape index (κ3) is 12.8. The number of nitriles is 2. The SMILES string of the molecule is Cc1[nH]c(C(=O)OC(C)(C)C)c(C)c1-c1nnc(Cc2ccc(Cl)c(Oc3cc(Cl)cc(C#N)c3)c2F)o1.Cc1cc(-c2nnc(Cc3ccc(Cl)c(Oc4cc(Cl)cc(C#N)c4)c3F)o2)c(C)n1CC(F)(F)F. The number of hydrogen-bond donors (Lipinski definition) is 1. The first-order chi connectivity index (χ1) is 34.8. The minimum Gasteiger partial charge on any atom is -0.455 e. The molecular weight excluding hydrogens is 1060 g/mol. The molecule has 4 aromatic heterocycles. The van der Waals surface area contributed by atoms with E-state index in [1.807, 2.05) is 12.1 Å². The fourth-order valence-electron chi connectivity index (χ4n) is 7.44. The van der Waals surface area contributed by atoms with Gasteiger partial charge in [0.2, 0.25) is 23.6 Å². The standard InChI is InChI=1S/C27H23Cl2FN4O4.C24H16Cl2F4N4O2/c1-13-21(14(2)32-23(13)26(35)38-27(3,4)5)25-34-33-20(37-25)10-16-6-7-19(29)24(22(16)30)36-18-9-15(12-31)8-17(28)11-18;1-12-5-18(13(2)34(12)11-24(28,29)30)23-33-32-20(36-23)8-15-3-4-19(26)22(21(15)27)35-17-7-14(10-31)6-16(25)9-17/h6-9,11,32H,10H2,1-5H3;3-7,9H,8,11H2,1-2H3. The van der Waals surface area contributed by atoms with Crippen LogP contribution in [-0.4, -0.2) is 47.7 Å². The number of H-pyrrole nitrogens is 1. The van der Waals surface area contributed by atoms with Gasteiger partial charge in [0.25, 0.3) is 0 Å². The van der Waals surface area contributed by atoms with E-state index in [2.05, 4.69) is 25.4 Å². The lowest BCUT2D eigenvalue weighted by Crippen LogP contribution is -2.24. The van der Waals surface area contributed by atoms with Gasteiger partial charge in [0, 0.05) is 38.3 Å². The summed E-state index contributed by atoms with van der Waals surface area (Å²) in [7, 11) is 0. The summed E-state index contributed by atoms with van der Waals surface area (Å²) in [6.07, 6.45) is -4.57. The first kappa shape index (κ1) is 54.4. The molecule has 14 nitrogen and oxygen atoms in total. The zero-order valence-electron chi connectivity index (χ0n) is 40.0. The zero-order chi connectivity index (χ0) is 54.0. The number of hydrogen-bond acceptors (Lipinski definition) is 12. The van der Waals surface area contributed by atoms with Gasteiger partial charge in [-0.15, -0.1) is 20.4 Å². The van der Waals surface area contributed by atoms with Gasteiger partial charge in [-0.25, -0.2) is 13.6 Å². The van der Waals surface area contributed by atoms with Crippen molar-refractivity contribution in [2.45, 2.75) is 79.6 Å². The number of carbonyl (C=O) groups excluding carboxylic acids is 1. The fourth-order valence-corrected chi connectivity index (χ4v) is 8.26. The molecule has 1 N–H and O–H groups in total. The van der Waals surface area contributed by atoms with Crippen molar-refractivity contribution < 1.29 is 49.8 Å². The topological polar surface area (TPSA) is 191 Å². The Labute approximate surface area is 439 Å². The molecule has 0 amide bonds. The predicted octanol–water partition coefficient (Wildman–Crippen LogP) is 14.8. The normalized spacial score (nSPS) is 11.4. The van der Waals surface area contributed by atoms with E-state index in [1.165, 1.54) is 73.7 Å². The number of alkyl halides is 3. The lowest BCUT2D eigenvalue weighted by molar-refractivity contribution is -0.141. The van der Waals surface area contributed by atoms with Crippen molar-refractivity contribution in [1.82, 2.24) is 29.9 Å². The van der Waals surface area contributed by atoms with Crippen LogP contribution < -0.4 is 9.47 Å². The number of carbonyl (C=O) groups is 1. The van der Waals surface area contributed by atoms with E-state index in [4.69, 9.17) is 80.0 Å². The molecule has 0 saturated carbocycles. The molecule has 0 unspecified atom stereocenters. The molecule has 4 heterocycles. The third-order valence-electron chi connectivity index (χ3n) is 10.7. The highest BCUT2D eigenvalue weighted by atomic mass is 35.5. The van der Waals surface area contributed by atoms with E-state index >= 15 is 8.78 Å². The molecule has 0 aliphatic carbocycles. The Morgan fingerprint density at radius 3 is 1.68 bits per heavy atom. The quantitative estimate of drug-likeness (QED) is 0.0901. The molecular formula is C51H39Cl4F5N8O6. The zero-order valence-corrected chi connectivity index (χ0v) is 43.0. The van der Waals surface area contributed by atoms with E-state index in [9.17, 15) is 18.0 Å². The van der Waals surface area contributed by atoms with Crippen LogP contribution in [0, 0.1) is 62.0 Å². The number of nitrogens with zero attached hydrogens (tertiary/aromatic N) is 7. The molecule has 0 atom stereocenters. The van der Waals surface area contributed by atoms with Gasteiger partial charge < -0.3 is 32.6 Å². The molecule has 0 fully saturated rings. The van der Waals surface area contributed by atoms with Crippen LogP contribution >= 0.6 is 46.4 Å². The second-order valence-corrected chi connectivity index (χ2v) is 19.1. The number of aromatic nitrogens is 6. The largest absolute Gasteiger partial charge is 0.455 e. The molecule has 0 saturated heterocycles. The number of halogens is 9. The van der Waals surface area contributed by atoms with E-state index in [0.717, 1.165) is 4.57 Å². The van der Waals surface area contributed by atoms with Crippen molar-refractivity contribution in [1.29, 1.82) is 10.5 Å². The van der Waals surface area contributed by atoms with Crippen LogP contribution in [0.4, 0.5) is 22.0 Å². The van der Waals surface area contributed by atoms with Crippen molar-refractivity contribution in [2.75, 3.05) is 0 Å². The summed E-state index contributed by atoms with van der Waals surface area (Å²) < 4.78 is 98.7. The summed E-state index contributed by atoms with van der Waals surface area (Å²) in [4.78, 5) is 15.6. The monoisotopic (exact) mass is 1090 g/mol. The molecule has 0 aliphatic heterocycles. The van der Waals surface area contributed by atoms with Crippen LogP contribution in [0.2, 0.25) is 20.1 Å². The Balaban J connectivity index is 0.000000217. The maximum absolute atomic E-state index is 15.4. The van der Waals surface area contributed by atoms with Gasteiger partial charge >= 0.3 is 12.1 Å². The Hall–Kier alpha value is -7.42. The van der Waals surface area contributed by atoms with Gasteiger partial charge in [0.15, 0.2) is 23.1 Å². The van der Waals surface area contributed by atoms with Gasteiger partial charge in [0.05, 0.1) is 57.3 Å². The highest BCUT2D eigenvalue weighted by molar-refractivity contribution is 6.32. The van der Waals surface area contributed by atoms with Crippen molar-refractivity contribution in [3.05, 3.63) is 161 Å². The highest BCUT2D eigenvalue weighted by Crippen LogP contribution is 2.39. The summed E-state index contributed by atoms with van der Waals surface area (Å²) in [6.45, 7) is 10.8. The predicted molar refractivity (Wildman–Crippen MR) is 263 cm³/mol. The minimum absolute atomic E-state index is 0.0142. The van der Waals surface area contributed by atoms with E-state index in [0.29, 0.717) is 39.5 Å². The average molecular weight is 1100 g/mol. The van der Waals surface area contributed by atoms with Crippen molar-refractivity contribution >= 4 is 52.4 Å². The number of aryl methyl sites for hydroxylation is 2. The number of rotatable bonds is 12. The lowest BCUT2D eigenvalue weighted by Gasteiger charge is -2.19. The van der Waals surface area contributed by atoms with E-state index in [-0.39, 0.29) is 102 Å². The number of benzene rings is 4. The van der Waals surface area contributed by atoms with Crippen molar-refractivity contribution in [3.8, 4) is 58.0 Å². The van der Waals surface area contributed by atoms with Gasteiger partial charge in [0.1, 0.15) is 29.3 Å². The van der Waals surface area contributed by atoms with Crippen LogP contribution in [0.15, 0.2) is 75.6 Å². The molecule has 74 heavy (non-hydrogen) atoms. The van der Waals surface area contributed by atoms with Crippen molar-refractivity contribution in [2.24, 2.45) is 0 Å². The van der Waals surface area contributed by atoms with Gasteiger partial charge in [-0.1, -0.05) is 58.5 Å². The van der Waals surface area contributed by atoms with Crippen LogP contribution in [0.25, 0.3) is 22.9 Å². The second-order valence-electron chi connectivity index (χ2n) is 17.4. The number of ether oxygens (including phenoxy) is 3. The molecule has 0 aliphatic rings. The summed E-state index contributed by atoms with van der Waals surface area (Å²) in [6, 6.07) is 19.8. The molecule has 0 spiro atoms. The summed E-state index contributed by atoms with van der Waals surface area (Å²) in [5.41, 5.74) is 3.27. The first-order valence-corrected chi connectivity index (χ1v) is 23.3. The second kappa shape index (κ2) is 22.0. The average Bonchev–Trinajstić information content (AvgIpc) is 4.11.